The van der Waals surface area contributed by atoms with Crippen molar-refractivity contribution in [2.24, 2.45) is 0 Å². The molecule has 2 N–H and O–H groups in total. The van der Waals surface area contributed by atoms with Crippen LogP contribution in [0.3, 0.4) is 0 Å². The van der Waals surface area contributed by atoms with Crippen LogP contribution in [0.15, 0.2) is 18.2 Å². The molecule has 0 saturated heterocycles. The fourth-order valence-electron chi connectivity index (χ4n) is 1.34. The highest BCUT2D eigenvalue weighted by molar-refractivity contribution is 6.03. The number of nitrogens with one attached hydrogen (secondary N) is 2. The number of halogens is 2. The zero-order valence-electron chi connectivity index (χ0n) is 9.91. The molecule has 1 aromatic heterocycles. The second kappa shape index (κ2) is 5.42. The van der Waals surface area contributed by atoms with E-state index in [0.717, 1.165) is 12.1 Å². The Morgan fingerprint density at radius 1 is 1.47 bits per heavy atom. The maximum Gasteiger partial charge on any atom is 0.337 e. The third-order valence-electron chi connectivity index (χ3n) is 2.15. The van der Waals surface area contributed by atoms with Gasteiger partial charge in [-0.15, -0.1) is 5.10 Å². The molecule has 6 nitrogen and oxygen atoms in total. The lowest BCUT2D eigenvalue weighted by Gasteiger charge is -2.02. The van der Waals surface area contributed by atoms with Crippen LogP contribution >= 0.6 is 0 Å². The number of anilines is 1. The minimum Gasteiger partial charge on any atom is -0.463 e. The molecular weight excluding hydrogens is 258 g/mol. The second-order valence-corrected chi connectivity index (χ2v) is 3.48. The Bertz CT molecular complexity index is 600. The van der Waals surface area contributed by atoms with E-state index in [0.29, 0.717) is 12.7 Å². The van der Waals surface area contributed by atoms with Crippen LogP contribution in [0, 0.1) is 11.6 Å². The summed E-state index contributed by atoms with van der Waals surface area (Å²) in [6.07, 6.45) is 0. The van der Waals surface area contributed by atoms with Crippen molar-refractivity contribution < 1.29 is 18.3 Å². The third-order valence-corrected chi connectivity index (χ3v) is 2.15. The van der Waals surface area contributed by atoms with Gasteiger partial charge < -0.3 is 4.74 Å². The summed E-state index contributed by atoms with van der Waals surface area (Å²) in [5.41, 5.74) is -0.296. The summed E-state index contributed by atoms with van der Waals surface area (Å²) in [6.45, 7) is 2.13. The van der Waals surface area contributed by atoms with Crippen molar-refractivity contribution in [3.05, 3.63) is 35.4 Å². The van der Waals surface area contributed by atoms with Gasteiger partial charge in [0, 0.05) is 6.07 Å². The lowest BCUT2D eigenvalue weighted by molar-refractivity contribution is 0.102. The van der Waals surface area contributed by atoms with Gasteiger partial charge in [0.1, 0.15) is 11.6 Å². The summed E-state index contributed by atoms with van der Waals surface area (Å²) in [4.78, 5) is 15.5. The first-order valence-corrected chi connectivity index (χ1v) is 5.41. The molecule has 0 fully saturated rings. The van der Waals surface area contributed by atoms with E-state index in [4.69, 9.17) is 4.74 Å². The van der Waals surface area contributed by atoms with E-state index in [1.165, 1.54) is 0 Å². The van der Waals surface area contributed by atoms with E-state index < -0.39 is 17.5 Å². The average molecular weight is 268 g/mol. The van der Waals surface area contributed by atoms with Gasteiger partial charge >= 0.3 is 6.01 Å². The molecule has 0 aliphatic heterocycles. The fourth-order valence-corrected chi connectivity index (χ4v) is 1.34. The minimum absolute atomic E-state index is 0.0113. The number of aromatic amines is 1. The van der Waals surface area contributed by atoms with Crippen molar-refractivity contribution in [2.45, 2.75) is 6.92 Å². The number of nitrogens with zero attached hydrogens (tertiary/aromatic N) is 2. The first kappa shape index (κ1) is 12.9. The number of hydrogen-bond acceptors (Lipinski definition) is 4. The summed E-state index contributed by atoms with van der Waals surface area (Å²) < 4.78 is 31.1. The molecule has 0 radical (unpaired) electrons. The number of hydrogen-bond donors (Lipinski definition) is 2. The molecule has 0 bridgehead atoms. The normalized spacial score (nSPS) is 10.3. The quantitative estimate of drug-likeness (QED) is 0.885. The highest BCUT2D eigenvalue weighted by Crippen LogP contribution is 2.12. The van der Waals surface area contributed by atoms with Gasteiger partial charge in [0.15, 0.2) is 0 Å². The summed E-state index contributed by atoms with van der Waals surface area (Å²) in [6, 6.07) is 2.72. The van der Waals surface area contributed by atoms with Crippen molar-refractivity contribution in [2.75, 3.05) is 11.9 Å². The molecule has 0 aliphatic carbocycles. The molecule has 0 atom stereocenters. The molecule has 1 aromatic carbocycles. The van der Waals surface area contributed by atoms with Crippen LogP contribution in [0.4, 0.5) is 14.7 Å². The zero-order chi connectivity index (χ0) is 13.8. The number of carbonyl (C=O) groups is 1. The molecule has 0 spiro atoms. The van der Waals surface area contributed by atoms with Crippen LogP contribution in [-0.4, -0.2) is 27.7 Å². The molecule has 8 heteroatoms. The Labute approximate surface area is 106 Å². The van der Waals surface area contributed by atoms with Crippen LogP contribution in [0.1, 0.15) is 17.3 Å². The molecule has 2 aromatic rings. The number of rotatable bonds is 4. The van der Waals surface area contributed by atoms with Gasteiger partial charge in [-0.2, -0.15) is 4.98 Å². The maximum atomic E-state index is 13.4. The standard InChI is InChI=1S/C11H10F2N4O2/c1-2-19-11-15-10(16-17-11)14-9(18)7-4-3-6(12)5-8(7)13/h3-5H,2H2,1H3,(H2,14,15,16,17,18). The molecule has 19 heavy (non-hydrogen) atoms. The lowest BCUT2D eigenvalue weighted by Crippen LogP contribution is -2.14. The van der Waals surface area contributed by atoms with E-state index in [1.807, 2.05) is 0 Å². The Balaban J connectivity index is 2.11. The molecule has 1 amide bonds. The van der Waals surface area contributed by atoms with Gasteiger partial charge in [0.2, 0.25) is 5.95 Å². The molecular formula is C11H10F2N4O2. The predicted octanol–water partition coefficient (Wildman–Crippen LogP) is 1.73. The van der Waals surface area contributed by atoms with E-state index in [2.05, 4.69) is 20.5 Å². The first-order valence-electron chi connectivity index (χ1n) is 5.41. The number of ether oxygens (including phenoxy) is 1. The van der Waals surface area contributed by atoms with E-state index >= 15 is 0 Å². The SMILES string of the molecule is CCOc1n[nH]c(NC(=O)c2ccc(F)cc2F)n1. The predicted molar refractivity (Wildman–Crippen MR) is 61.9 cm³/mol. The van der Waals surface area contributed by atoms with Crippen molar-refractivity contribution in [3.63, 3.8) is 0 Å². The molecule has 0 aliphatic rings. The van der Waals surface area contributed by atoms with Crippen LogP contribution in [0.25, 0.3) is 0 Å². The first-order chi connectivity index (χ1) is 9.10. The molecule has 1 heterocycles. The van der Waals surface area contributed by atoms with Crippen molar-refractivity contribution >= 4 is 11.9 Å². The second-order valence-electron chi connectivity index (χ2n) is 3.48. The van der Waals surface area contributed by atoms with Crippen LogP contribution in [0.2, 0.25) is 0 Å². The molecule has 2 rings (SSSR count). The van der Waals surface area contributed by atoms with E-state index in [1.54, 1.807) is 6.92 Å². The third kappa shape index (κ3) is 3.03. The van der Waals surface area contributed by atoms with Gasteiger partial charge in [0.25, 0.3) is 5.91 Å². The van der Waals surface area contributed by atoms with Gasteiger partial charge in [-0.05, 0) is 19.1 Å². The van der Waals surface area contributed by atoms with E-state index in [-0.39, 0.29) is 17.5 Å². The van der Waals surface area contributed by atoms with Crippen molar-refractivity contribution in [1.82, 2.24) is 15.2 Å². The number of benzene rings is 1. The van der Waals surface area contributed by atoms with Crippen LogP contribution < -0.4 is 10.1 Å². The number of aromatic nitrogens is 3. The lowest BCUT2D eigenvalue weighted by atomic mass is 10.2. The molecule has 0 saturated carbocycles. The monoisotopic (exact) mass is 268 g/mol. The van der Waals surface area contributed by atoms with Gasteiger partial charge in [-0.3, -0.25) is 10.1 Å². The van der Waals surface area contributed by atoms with Crippen LogP contribution in [0.5, 0.6) is 6.01 Å². The van der Waals surface area contributed by atoms with Crippen molar-refractivity contribution in [3.8, 4) is 6.01 Å². The fraction of sp³-hybridized carbons (Fsp3) is 0.182. The number of amides is 1. The van der Waals surface area contributed by atoms with Gasteiger partial charge in [-0.25, -0.2) is 13.9 Å². The molecule has 100 valence electrons. The maximum absolute atomic E-state index is 13.4. The summed E-state index contributed by atoms with van der Waals surface area (Å²) in [7, 11) is 0. The number of carbonyl (C=O) groups excluding carboxylic acids is 1. The summed E-state index contributed by atoms with van der Waals surface area (Å²) >= 11 is 0. The summed E-state index contributed by atoms with van der Waals surface area (Å²) in [5.74, 6) is -2.47. The zero-order valence-corrected chi connectivity index (χ0v) is 9.91. The van der Waals surface area contributed by atoms with Crippen LogP contribution in [-0.2, 0) is 0 Å². The molecule has 0 unspecified atom stereocenters. The Morgan fingerprint density at radius 2 is 2.26 bits per heavy atom. The Morgan fingerprint density at radius 3 is 2.95 bits per heavy atom. The average Bonchev–Trinajstić information content (AvgIpc) is 2.76. The van der Waals surface area contributed by atoms with E-state index in [9.17, 15) is 13.6 Å². The highest BCUT2D eigenvalue weighted by Gasteiger charge is 2.14. The topological polar surface area (TPSA) is 79.9 Å². The minimum atomic E-state index is -0.956. The number of H-pyrrole nitrogens is 1. The summed E-state index contributed by atoms with van der Waals surface area (Å²) in [5, 5.41) is 8.36. The Hall–Kier alpha value is -2.51. The Kier molecular flexibility index (Phi) is 3.69. The van der Waals surface area contributed by atoms with Gasteiger partial charge in [-0.1, -0.05) is 0 Å². The van der Waals surface area contributed by atoms with Gasteiger partial charge in [0.05, 0.1) is 12.2 Å². The highest BCUT2D eigenvalue weighted by atomic mass is 19.1. The largest absolute Gasteiger partial charge is 0.463 e. The van der Waals surface area contributed by atoms with Crippen molar-refractivity contribution in [1.29, 1.82) is 0 Å². The smallest absolute Gasteiger partial charge is 0.337 e.